The number of halogens is 1. The Morgan fingerprint density at radius 1 is 1.57 bits per heavy atom. The summed E-state index contributed by atoms with van der Waals surface area (Å²) >= 11 is 0. The molecule has 1 saturated heterocycles. The van der Waals surface area contributed by atoms with E-state index in [-0.39, 0.29) is 6.54 Å². The van der Waals surface area contributed by atoms with Crippen molar-refractivity contribution < 1.29 is 14.3 Å². The molecule has 2 aromatic heterocycles. The molecule has 9 heteroatoms. The minimum Gasteiger partial charge on any atom is -0.465 e. The van der Waals surface area contributed by atoms with E-state index >= 15 is 0 Å². The van der Waals surface area contributed by atoms with Gasteiger partial charge in [-0.25, -0.2) is 19.2 Å². The number of fused-ring (bicyclic) bond motifs is 1. The predicted molar refractivity (Wildman–Crippen MR) is 73.1 cm³/mol. The maximum atomic E-state index is 14.1. The molecule has 1 amide bonds. The highest BCUT2D eigenvalue weighted by molar-refractivity contribution is 5.71. The van der Waals surface area contributed by atoms with Crippen LogP contribution in [0.1, 0.15) is 12.1 Å². The van der Waals surface area contributed by atoms with Crippen molar-refractivity contribution in [1.82, 2.24) is 25.5 Å². The number of nitrogens with zero attached hydrogens (tertiary/aromatic N) is 4. The van der Waals surface area contributed by atoms with Crippen LogP contribution in [0.5, 0.6) is 0 Å². The lowest BCUT2D eigenvalue weighted by Crippen LogP contribution is -2.52. The molecule has 0 aliphatic carbocycles. The number of amides is 1. The summed E-state index contributed by atoms with van der Waals surface area (Å²) in [4.78, 5) is 21.2. The van der Waals surface area contributed by atoms with E-state index in [4.69, 9.17) is 5.11 Å². The number of aromatic amines is 1. The Kier molecular flexibility index (Phi) is 3.32. The van der Waals surface area contributed by atoms with Crippen molar-refractivity contribution in [3.8, 4) is 0 Å². The van der Waals surface area contributed by atoms with E-state index in [1.165, 1.54) is 0 Å². The van der Waals surface area contributed by atoms with Gasteiger partial charge in [-0.05, 0) is 13.3 Å². The molecule has 2 atom stereocenters. The van der Waals surface area contributed by atoms with Crippen molar-refractivity contribution in [2.75, 3.05) is 18.0 Å². The fourth-order valence-electron chi connectivity index (χ4n) is 2.57. The third kappa shape index (κ3) is 2.58. The van der Waals surface area contributed by atoms with Crippen LogP contribution in [-0.4, -0.2) is 56.7 Å². The highest BCUT2D eigenvalue weighted by Gasteiger charge is 2.31. The number of anilines is 1. The van der Waals surface area contributed by atoms with E-state index in [0.717, 1.165) is 0 Å². The molecule has 0 unspecified atom stereocenters. The van der Waals surface area contributed by atoms with Crippen LogP contribution in [-0.2, 0) is 0 Å². The Labute approximate surface area is 119 Å². The van der Waals surface area contributed by atoms with Crippen LogP contribution < -0.4 is 10.2 Å². The molecular formula is C12H15FN6O2. The topological polar surface area (TPSA) is 107 Å². The van der Waals surface area contributed by atoms with E-state index in [9.17, 15) is 9.18 Å². The first kappa shape index (κ1) is 13.5. The first-order valence-corrected chi connectivity index (χ1v) is 6.61. The molecule has 2 aromatic rings. The van der Waals surface area contributed by atoms with Gasteiger partial charge in [-0.1, -0.05) is 0 Å². The SMILES string of the molecule is Cc1nc2cn[nH]c2nc1N1CC[C@H](NC(=O)O)[C@H](F)C1. The Balaban J connectivity index is 1.80. The number of piperidine rings is 1. The van der Waals surface area contributed by atoms with Crippen molar-refractivity contribution in [3.05, 3.63) is 11.9 Å². The number of hydrogen-bond donors (Lipinski definition) is 3. The summed E-state index contributed by atoms with van der Waals surface area (Å²) in [6.07, 6.45) is -0.519. The third-order valence-corrected chi connectivity index (χ3v) is 3.58. The van der Waals surface area contributed by atoms with Gasteiger partial charge >= 0.3 is 6.09 Å². The van der Waals surface area contributed by atoms with Crippen molar-refractivity contribution in [1.29, 1.82) is 0 Å². The van der Waals surface area contributed by atoms with Crippen molar-refractivity contribution in [3.63, 3.8) is 0 Å². The molecule has 3 rings (SSSR count). The van der Waals surface area contributed by atoms with Gasteiger partial charge in [-0.3, -0.25) is 5.10 Å². The summed E-state index contributed by atoms with van der Waals surface area (Å²) in [6.45, 7) is 2.41. The molecule has 3 heterocycles. The molecule has 0 spiro atoms. The van der Waals surface area contributed by atoms with Gasteiger partial charge in [0.1, 0.15) is 11.7 Å². The van der Waals surface area contributed by atoms with Gasteiger partial charge in [0.2, 0.25) is 0 Å². The van der Waals surface area contributed by atoms with Crippen LogP contribution in [0.25, 0.3) is 11.2 Å². The standard InChI is InChI=1S/C12H15FN6O2/c1-6-11(17-10-9(15-6)4-14-18-10)19-3-2-8(7(13)5-19)16-12(20)21/h4,7-8,16H,2-3,5H2,1H3,(H,20,21)(H,14,17,18)/t7-,8+/m1/s1. The molecular weight excluding hydrogens is 279 g/mol. The van der Waals surface area contributed by atoms with E-state index in [2.05, 4.69) is 25.5 Å². The molecule has 8 nitrogen and oxygen atoms in total. The molecule has 0 saturated carbocycles. The number of H-pyrrole nitrogens is 1. The van der Waals surface area contributed by atoms with Crippen LogP contribution in [0, 0.1) is 6.92 Å². The molecule has 112 valence electrons. The lowest BCUT2D eigenvalue weighted by Gasteiger charge is -2.35. The van der Waals surface area contributed by atoms with Crippen LogP contribution in [0.3, 0.4) is 0 Å². The zero-order valence-corrected chi connectivity index (χ0v) is 11.4. The minimum atomic E-state index is -1.28. The highest BCUT2D eigenvalue weighted by atomic mass is 19.1. The number of alkyl halides is 1. The quantitative estimate of drug-likeness (QED) is 0.758. The Morgan fingerprint density at radius 2 is 2.38 bits per heavy atom. The largest absolute Gasteiger partial charge is 0.465 e. The third-order valence-electron chi connectivity index (χ3n) is 3.58. The maximum absolute atomic E-state index is 14.1. The first-order valence-electron chi connectivity index (χ1n) is 6.61. The number of carboxylic acid groups (broad SMARTS) is 1. The minimum absolute atomic E-state index is 0.0834. The van der Waals surface area contributed by atoms with Crippen LogP contribution >= 0.6 is 0 Å². The lowest BCUT2D eigenvalue weighted by atomic mass is 10.0. The summed E-state index contributed by atoms with van der Waals surface area (Å²) in [5, 5.41) is 17.5. The summed E-state index contributed by atoms with van der Waals surface area (Å²) in [6, 6.07) is -0.678. The van der Waals surface area contributed by atoms with Crippen LogP contribution in [0.15, 0.2) is 6.20 Å². The summed E-state index contributed by atoms with van der Waals surface area (Å²) in [5.41, 5.74) is 1.91. The van der Waals surface area contributed by atoms with Gasteiger partial charge in [0.25, 0.3) is 0 Å². The molecule has 21 heavy (non-hydrogen) atoms. The summed E-state index contributed by atoms with van der Waals surface area (Å²) in [7, 11) is 0. The predicted octanol–water partition coefficient (Wildman–Crippen LogP) is 0.846. The van der Waals surface area contributed by atoms with Crippen LogP contribution in [0.2, 0.25) is 0 Å². The second-order valence-corrected chi connectivity index (χ2v) is 5.04. The van der Waals surface area contributed by atoms with Crippen LogP contribution in [0.4, 0.5) is 15.0 Å². The molecule has 1 aliphatic heterocycles. The number of hydrogen-bond acceptors (Lipinski definition) is 5. The average molecular weight is 294 g/mol. The van der Waals surface area contributed by atoms with Crippen molar-refractivity contribution in [2.45, 2.75) is 25.6 Å². The van der Waals surface area contributed by atoms with E-state index in [1.54, 1.807) is 11.1 Å². The average Bonchev–Trinajstić information content (AvgIpc) is 2.86. The van der Waals surface area contributed by atoms with Crippen molar-refractivity contribution in [2.24, 2.45) is 0 Å². The molecule has 1 fully saturated rings. The molecule has 3 N–H and O–H groups in total. The van der Waals surface area contributed by atoms with Gasteiger partial charge in [0, 0.05) is 6.54 Å². The first-order chi connectivity index (χ1) is 10.0. The van der Waals surface area contributed by atoms with Gasteiger partial charge in [-0.2, -0.15) is 5.10 Å². The Hall–Kier alpha value is -2.45. The second kappa shape index (κ2) is 5.15. The molecule has 0 aromatic carbocycles. The van der Waals surface area contributed by atoms with Gasteiger partial charge < -0.3 is 15.3 Å². The summed E-state index contributed by atoms with van der Waals surface area (Å²) < 4.78 is 14.1. The highest BCUT2D eigenvalue weighted by Crippen LogP contribution is 2.23. The number of aryl methyl sites for hydroxylation is 1. The second-order valence-electron chi connectivity index (χ2n) is 5.04. The number of nitrogens with one attached hydrogen (secondary N) is 2. The number of aromatic nitrogens is 4. The van der Waals surface area contributed by atoms with Gasteiger partial charge in [0.15, 0.2) is 11.5 Å². The fraction of sp³-hybridized carbons (Fsp3) is 0.500. The maximum Gasteiger partial charge on any atom is 0.404 e. The number of carbonyl (C=O) groups is 1. The van der Waals surface area contributed by atoms with E-state index in [1.807, 2.05) is 6.92 Å². The molecule has 1 aliphatic rings. The molecule has 0 bridgehead atoms. The zero-order valence-electron chi connectivity index (χ0n) is 11.4. The monoisotopic (exact) mass is 294 g/mol. The lowest BCUT2D eigenvalue weighted by molar-refractivity contribution is 0.168. The zero-order chi connectivity index (χ0) is 15.0. The normalized spacial score (nSPS) is 22.5. The van der Waals surface area contributed by atoms with Gasteiger partial charge in [0.05, 0.1) is 24.5 Å². The Morgan fingerprint density at radius 3 is 3.10 bits per heavy atom. The Bertz CT molecular complexity index is 675. The smallest absolute Gasteiger partial charge is 0.404 e. The van der Waals surface area contributed by atoms with E-state index in [0.29, 0.717) is 35.6 Å². The van der Waals surface area contributed by atoms with E-state index < -0.39 is 18.3 Å². The molecule has 0 radical (unpaired) electrons. The van der Waals surface area contributed by atoms with Gasteiger partial charge in [-0.15, -0.1) is 0 Å². The van der Waals surface area contributed by atoms with Crippen molar-refractivity contribution >= 4 is 23.1 Å². The number of rotatable bonds is 2. The fourth-order valence-corrected chi connectivity index (χ4v) is 2.57. The summed E-state index contributed by atoms with van der Waals surface area (Å²) in [5.74, 6) is 0.600.